The summed E-state index contributed by atoms with van der Waals surface area (Å²) < 4.78 is 37.0. The lowest BCUT2D eigenvalue weighted by molar-refractivity contribution is -0.141. The van der Waals surface area contributed by atoms with E-state index in [9.17, 15) is 18.0 Å². The quantitative estimate of drug-likeness (QED) is 0.789. The molecule has 0 N–H and O–H groups in total. The van der Waals surface area contributed by atoms with Gasteiger partial charge in [-0.05, 0) is 26.0 Å². The Morgan fingerprint density at radius 1 is 1.42 bits per heavy atom. The lowest BCUT2D eigenvalue weighted by Gasteiger charge is -2.21. The molecule has 1 rings (SSSR count). The number of carbonyl (C=O) groups excluding carboxylic acids is 1. The Balaban J connectivity index is 2.91. The number of hydrogen-bond donors (Lipinski definition) is 0. The number of nitrogens with zero attached hydrogens (tertiary/aromatic N) is 2. The summed E-state index contributed by atoms with van der Waals surface area (Å²) in [7, 11) is 0. The van der Waals surface area contributed by atoms with Crippen molar-refractivity contribution in [1.82, 2.24) is 9.88 Å². The summed E-state index contributed by atoms with van der Waals surface area (Å²) in [6.07, 6.45) is -3.55. The smallest absolute Gasteiger partial charge is 0.335 e. The van der Waals surface area contributed by atoms with Gasteiger partial charge in [-0.3, -0.25) is 9.78 Å². The Morgan fingerprint density at radius 3 is 2.42 bits per heavy atom. The minimum atomic E-state index is -4.50. The van der Waals surface area contributed by atoms with Crippen molar-refractivity contribution in [2.45, 2.75) is 20.0 Å². The summed E-state index contributed by atoms with van der Waals surface area (Å²) >= 11 is 0. The maximum atomic E-state index is 12.3. The van der Waals surface area contributed by atoms with Crippen molar-refractivity contribution >= 4 is 5.91 Å². The van der Waals surface area contributed by atoms with Crippen LogP contribution in [0.5, 0.6) is 0 Å². The molecule has 1 aromatic rings. The topological polar surface area (TPSA) is 33.2 Å². The van der Waals surface area contributed by atoms with Crippen molar-refractivity contribution < 1.29 is 18.0 Å². The number of alkyl halides is 3. The van der Waals surface area contributed by atoms with Crippen molar-refractivity contribution in [3.8, 4) is 0 Å². The second kappa shape index (κ2) is 5.86. The number of rotatable bonds is 4. The molecule has 19 heavy (non-hydrogen) atoms. The van der Waals surface area contributed by atoms with Gasteiger partial charge < -0.3 is 4.90 Å². The van der Waals surface area contributed by atoms with Crippen LogP contribution in [-0.2, 0) is 6.18 Å². The van der Waals surface area contributed by atoms with Crippen molar-refractivity contribution in [3.05, 3.63) is 41.7 Å². The zero-order chi connectivity index (χ0) is 14.6. The van der Waals surface area contributed by atoms with Crippen LogP contribution in [0.2, 0.25) is 0 Å². The number of amides is 1. The van der Waals surface area contributed by atoms with E-state index in [-0.39, 0.29) is 11.5 Å². The SMILES string of the molecule is C=C(C)CN(CC)C(=O)c1ccc(C(F)(F)F)nc1. The maximum absolute atomic E-state index is 12.3. The average Bonchev–Trinajstić information content (AvgIpc) is 2.34. The van der Waals surface area contributed by atoms with Crippen LogP contribution in [0.3, 0.4) is 0 Å². The Morgan fingerprint density at radius 2 is 2.05 bits per heavy atom. The highest BCUT2D eigenvalue weighted by molar-refractivity contribution is 5.94. The molecule has 0 unspecified atom stereocenters. The minimum absolute atomic E-state index is 0.135. The average molecular weight is 272 g/mol. The van der Waals surface area contributed by atoms with E-state index in [4.69, 9.17) is 0 Å². The van der Waals surface area contributed by atoms with E-state index in [1.165, 1.54) is 4.90 Å². The van der Waals surface area contributed by atoms with Gasteiger partial charge in [0.1, 0.15) is 5.69 Å². The molecule has 0 atom stereocenters. The molecular weight excluding hydrogens is 257 g/mol. The first kappa shape index (κ1) is 15.2. The molecule has 0 aliphatic heterocycles. The van der Waals surface area contributed by atoms with E-state index in [1.807, 2.05) is 0 Å². The molecule has 3 nitrogen and oxygen atoms in total. The van der Waals surface area contributed by atoms with Crippen LogP contribution in [0.4, 0.5) is 13.2 Å². The molecule has 0 fully saturated rings. The third-order valence-electron chi connectivity index (χ3n) is 2.43. The highest BCUT2D eigenvalue weighted by Gasteiger charge is 2.32. The van der Waals surface area contributed by atoms with Crippen LogP contribution in [0.25, 0.3) is 0 Å². The highest BCUT2D eigenvalue weighted by atomic mass is 19.4. The molecule has 1 aromatic heterocycles. The van der Waals surface area contributed by atoms with Crippen LogP contribution in [0.1, 0.15) is 29.9 Å². The normalized spacial score (nSPS) is 11.2. The van der Waals surface area contributed by atoms with Gasteiger partial charge in [-0.25, -0.2) is 0 Å². The summed E-state index contributed by atoms with van der Waals surface area (Å²) in [6.45, 7) is 8.10. The number of carbonyl (C=O) groups is 1. The molecule has 0 aliphatic carbocycles. The maximum Gasteiger partial charge on any atom is 0.433 e. The molecule has 104 valence electrons. The highest BCUT2D eigenvalue weighted by Crippen LogP contribution is 2.27. The summed E-state index contributed by atoms with van der Waals surface area (Å²) in [4.78, 5) is 16.8. The fourth-order valence-electron chi connectivity index (χ4n) is 1.52. The van der Waals surface area contributed by atoms with Crippen molar-refractivity contribution in [2.24, 2.45) is 0 Å². The summed E-state index contributed by atoms with van der Waals surface area (Å²) in [5.41, 5.74) is -0.0711. The first-order valence-corrected chi connectivity index (χ1v) is 5.72. The Kier molecular flexibility index (Phi) is 4.69. The molecule has 1 amide bonds. The number of halogens is 3. The predicted octanol–water partition coefficient (Wildman–Crippen LogP) is 3.14. The van der Waals surface area contributed by atoms with Gasteiger partial charge in [0.15, 0.2) is 0 Å². The van der Waals surface area contributed by atoms with Crippen LogP contribution in [0.15, 0.2) is 30.5 Å². The van der Waals surface area contributed by atoms with Gasteiger partial charge in [-0.1, -0.05) is 12.2 Å². The first-order chi connectivity index (χ1) is 8.75. The lowest BCUT2D eigenvalue weighted by Crippen LogP contribution is -2.32. The molecule has 0 aliphatic rings. The largest absolute Gasteiger partial charge is 0.433 e. The summed E-state index contributed by atoms with van der Waals surface area (Å²) in [5, 5.41) is 0. The third kappa shape index (κ3) is 4.08. The monoisotopic (exact) mass is 272 g/mol. The van der Waals surface area contributed by atoms with Gasteiger partial charge >= 0.3 is 6.18 Å². The third-order valence-corrected chi connectivity index (χ3v) is 2.43. The first-order valence-electron chi connectivity index (χ1n) is 5.72. The zero-order valence-electron chi connectivity index (χ0n) is 10.8. The summed E-state index contributed by atoms with van der Waals surface area (Å²) in [5.74, 6) is -0.355. The second-order valence-corrected chi connectivity index (χ2v) is 4.21. The van der Waals surface area contributed by atoms with Crippen molar-refractivity contribution in [3.63, 3.8) is 0 Å². The van der Waals surface area contributed by atoms with Crippen molar-refractivity contribution in [2.75, 3.05) is 13.1 Å². The Labute approximate surface area is 109 Å². The number of likely N-dealkylation sites (N-methyl/N-ethyl adjacent to an activating group) is 1. The van der Waals surface area contributed by atoms with Gasteiger partial charge in [-0.15, -0.1) is 0 Å². The molecule has 0 spiro atoms. The van der Waals surface area contributed by atoms with E-state index < -0.39 is 11.9 Å². The predicted molar refractivity (Wildman–Crippen MR) is 65.6 cm³/mol. The molecular formula is C13H15F3N2O. The Bertz CT molecular complexity index is 466. The molecule has 1 heterocycles. The zero-order valence-corrected chi connectivity index (χ0v) is 10.8. The van der Waals surface area contributed by atoms with Gasteiger partial charge in [0.05, 0.1) is 5.56 Å². The van der Waals surface area contributed by atoms with Crippen LogP contribution >= 0.6 is 0 Å². The molecule has 0 radical (unpaired) electrons. The second-order valence-electron chi connectivity index (χ2n) is 4.21. The van der Waals surface area contributed by atoms with E-state index in [1.54, 1.807) is 13.8 Å². The van der Waals surface area contributed by atoms with Gasteiger partial charge in [0, 0.05) is 19.3 Å². The molecule has 0 bridgehead atoms. The molecule has 0 saturated carbocycles. The fraction of sp³-hybridized carbons (Fsp3) is 0.385. The van der Waals surface area contributed by atoms with E-state index in [2.05, 4.69) is 11.6 Å². The van der Waals surface area contributed by atoms with Crippen LogP contribution in [-0.4, -0.2) is 28.9 Å². The molecule has 0 saturated heterocycles. The lowest BCUT2D eigenvalue weighted by atomic mass is 10.2. The summed E-state index contributed by atoms with van der Waals surface area (Å²) in [6, 6.07) is 1.95. The molecule has 6 heteroatoms. The van der Waals surface area contributed by atoms with E-state index >= 15 is 0 Å². The number of pyridine rings is 1. The van der Waals surface area contributed by atoms with Crippen molar-refractivity contribution in [1.29, 1.82) is 0 Å². The number of aromatic nitrogens is 1. The van der Waals surface area contributed by atoms with Crippen LogP contribution < -0.4 is 0 Å². The fourth-order valence-corrected chi connectivity index (χ4v) is 1.52. The van der Waals surface area contributed by atoms with Gasteiger partial charge in [0.25, 0.3) is 5.91 Å². The Hall–Kier alpha value is -1.85. The minimum Gasteiger partial charge on any atom is -0.335 e. The van der Waals surface area contributed by atoms with E-state index in [0.717, 1.165) is 23.9 Å². The van der Waals surface area contributed by atoms with Gasteiger partial charge in [0.2, 0.25) is 0 Å². The van der Waals surface area contributed by atoms with Crippen LogP contribution in [0, 0.1) is 0 Å². The van der Waals surface area contributed by atoms with E-state index in [0.29, 0.717) is 13.1 Å². The standard InChI is InChI=1S/C13H15F3N2O/c1-4-18(8-9(2)3)12(19)10-5-6-11(17-7-10)13(14,15)16/h5-7H,2,4,8H2,1,3H3. The van der Waals surface area contributed by atoms with Gasteiger partial charge in [-0.2, -0.15) is 13.2 Å². The molecule has 0 aromatic carbocycles. The number of hydrogen-bond acceptors (Lipinski definition) is 2.